The van der Waals surface area contributed by atoms with E-state index in [1.807, 2.05) is 6.07 Å². The molecule has 0 aliphatic carbocycles. The van der Waals surface area contributed by atoms with E-state index in [0.29, 0.717) is 24.1 Å². The van der Waals surface area contributed by atoms with E-state index in [1.165, 1.54) is 6.07 Å². The van der Waals surface area contributed by atoms with Gasteiger partial charge in [-0.1, -0.05) is 19.9 Å². The number of rotatable bonds is 6. The van der Waals surface area contributed by atoms with Gasteiger partial charge in [0.2, 0.25) is 0 Å². The largest absolute Gasteiger partial charge is 0.370 e. The molecule has 0 amide bonds. The quantitative estimate of drug-likeness (QED) is 0.420. The Bertz CT molecular complexity index is 625. The highest BCUT2D eigenvalue weighted by Gasteiger charge is 2.05. The summed E-state index contributed by atoms with van der Waals surface area (Å²) in [7, 11) is 0. The molecule has 1 heterocycles. The molecule has 0 saturated heterocycles. The van der Waals surface area contributed by atoms with Crippen molar-refractivity contribution in [2.24, 2.45) is 16.6 Å². The number of nitrogens with one attached hydrogen (secondary N) is 1. The molecular weight excluding hydrogens is 408 g/mol. The molecule has 0 aliphatic heterocycles. The van der Waals surface area contributed by atoms with E-state index in [9.17, 15) is 4.39 Å². The molecule has 2 rings (SSSR count). The molecule has 0 unspecified atom stereocenters. The van der Waals surface area contributed by atoms with Crippen LogP contribution in [0.3, 0.4) is 0 Å². The highest BCUT2D eigenvalue weighted by atomic mass is 127. The number of hydrogen-bond acceptors (Lipinski definition) is 2. The lowest BCUT2D eigenvalue weighted by atomic mass is 10.1. The fourth-order valence-corrected chi connectivity index (χ4v) is 1.98. The average molecular weight is 431 g/mol. The number of nitrogens with zero attached hydrogens (tertiary/aromatic N) is 3. The van der Waals surface area contributed by atoms with Crippen LogP contribution >= 0.6 is 24.0 Å². The summed E-state index contributed by atoms with van der Waals surface area (Å²) in [5.74, 6) is 0.696. The fourth-order valence-electron chi connectivity index (χ4n) is 1.98. The third kappa shape index (κ3) is 6.17. The van der Waals surface area contributed by atoms with Gasteiger partial charge in [-0.15, -0.1) is 24.0 Å². The maximum atomic E-state index is 14.1. The van der Waals surface area contributed by atoms with Gasteiger partial charge in [0.15, 0.2) is 5.96 Å². The third-order valence-electron chi connectivity index (χ3n) is 3.25. The molecule has 3 N–H and O–H groups in total. The molecule has 7 heteroatoms. The van der Waals surface area contributed by atoms with Crippen molar-refractivity contribution in [2.45, 2.75) is 26.8 Å². The Morgan fingerprint density at radius 2 is 2.22 bits per heavy atom. The van der Waals surface area contributed by atoms with E-state index in [-0.39, 0.29) is 29.8 Å². The second kappa shape index (κ2) is 9.49. The molecule has 0 atom stereocenters. The van der Waals surface area contributed by atoms with E-state index in [4.69, 9.17) is 5.73 Å². The second-order valence-corrected chi connectivity index (χ2v) is 5.57. The number of halogens is 2. The van der Waals surface area contributed by atoms with Crippen molar-refractivity contribution in [3.8, 4) is 5.69 Å². The van der Waals surface area contributed by atoms with Crippen molar-refractivity contribution >= 4 is 29.9 Å². The number of guanidine groups is 1. The summed E-state index contributed by atoms with van der Waals surface area (Å²) in [6.07, 6.45) is 5.91. The summed E-state index contributed by atoms with van der Waals surface area (Å²) in [5, 5.41) is 3.05. The SMILES string of the molecule is CC(C)CCNC(N)=NCc1ccc(-n2ccnc2)c(F)c1.I. The lowest BCUT2D eigenvalue weighted by Gasteiger charge is -2.08. The smallest absolute Gasteiger partial charge is 0.188 e. The first-order chi connectivity index (χ1) is 10.6. The Morgan fingerprint density at radius 3 is 2.83 bits per heavy atom. The first kappa shape index (κ1) is 19.4. The predicted molar refractivity (Wildman–Crippen MR) is 102 cm³/mol. The van der Waals surface area contributed by atoms with E-state index in [1.54, 1.807) is 29.4 Å². The van der Waals surface area contributed by atoms with Gasteiger partial charge in [0, 0.05) is 18.9 Å². The van der Waals surface area contributed by atoms with Crippen molar-refractivity contribution in [1.29, 1.82) is 0 Å². The van der Waals surface area contributed by atoms with Crippen LogP contribution in [0.1, 0.15) is 25.8 Å². The third-order valence-corrected chi connectivity index (χ3v) is 3.25. The van der Waals surface area contributed by atoms with Crippen LogP contribution in [-0.2, 0) is 6.54 Å². The summed E-state index contributed by atoms with van der Waals surface area (Å²) in [4.78, 5) is 8.13. The molecule has 0 bridgehead atoms. The van der Waals surface area contributed by atoms with E-state index < -0.39 is 0 Å². The molecule has 5 nitrogen and oxygen atoms in total. The van der Waals surface area contributed by atoms with Crippen molar-refractivity contribution in [3.63, 3.8) is 0 Å². The molecule has 23 heavy (non-hydrogen) atoms. The number of hydrogen-bond donors (Lipinski definition) is 2. The molecule has 0 aliphatic rings. The lowest BCUT2D eigenvalue weighted by Crippen LogP contribution is -2.32. The number of imidazole rings is 1. The predicted octanol–water partition coefficient (Wildman–Crippen LogP) is 3.08. The van der Waals surface area contributed by atoms with Crippen molar-refractivity contribution < 1.29 is 4.39 Å². The zero-order valence-corrected chi connectivity index (χ0v) is 15.7. The zero-order valence-electron chi connectivity index (χ0n) is 13.4. The van der Waals surface area contributed by atoms with Crippen LogP contribution < -0.4 is 11.1 Å². The highest BCUT2D eigenvalue weighted by molar-refractivity contribution is 14.0. The standard InChI is InChI=1S/C16H22FN5.HI/c1-12(2)5-6-20-16(18)21-10-13-3-4-15(14(17)9-13)22-8-7-19-11-22;/h3-4,7-9,11-12H,5-6,10H2,1-2H3,(H3,18,20,21);1H. The molecule has 2 aromatic rings. The topological polar surface area (TPSA) is 68.2 Å². The van der Waals surface area contributed by atoms with E-state index in [0.717, 1.165) is 18.5 Å². The van der Waals surface area contributed by atoms with Gasteiger partial charge in [-0.05, 0) is 30.0 Å². The summed E-state index contributed by atoms with van der Waals surface area (Å²) >= 11 is 0. The highest BCUT2D eigenvalue weighted by Crippen LogP contribution is 2.15. The van der Waals surface area contributed by atoms with Gasteiger partial charge in [-0.2, -0.15) is 0 Å². The van der Waals surface area contributed by atoms with Crippen molar-refractivity contribution in [2.75, 3.05) is 6.54 Å². The van der Waals surface area contributed by atoms with Crippen LogP contribution in [0.25, 0.3) is 5.69 Å². The van der Waals surface area contributed by atoms with Gasteiger partial charge in [0.25, 0.3) is 0 Å². The molecular formula is C16H23FIN5. The number of aliphatic imine (C=N–C) groups is 1. The first-order valence-electron chi connectivity index (χ1n) is 7.37. The molecule has 0 spiro atoms. The zero-order chi connectivity index (χ0) is 15.9. The number of benzene rings is 1. The summed E-state index contributed by atoms with van der Waals surface area (Å²) in [6.45, 7) is 5.45. The Balaban J connectivity index is 0.00000264. The molecule has 1 aromatic carbocycles. The number of aromatic nitrogens is 2. The van der Waals surface area contributed by atoms with E-state index >= 15 is 0 Å². The van der Waals surface area contributed by atoms with Crippen molar-refractivity contribution in [3.05, 3.63) is 48.3 Å². The van der Waals surface area contributed by atoms with Crippen LogP contribution in [0, 0.1) is 11.7 Å². The van der Waals surface area contributed by atoms with Crippen LogP contribution in [0.4, 0.5) is 4.39 Å². The van der Waals surface area contributed by atoms with Crippen LogP contribution in [0.2, 0.25) is 0 Å². The monoisotopic (exact) mass is 431 g/mol. The van der Waals surface area contributed by atoms with Crippen LogP contribution in [0.5, 0.6) is 0 Å². The average Bonchev–Trinajstić information content (AvgIpc) is 2.99. The van der Waals surface area contributed by atoms with Gasteiger partial charge in [0.05, 0.1) is 18.6 Å². The number of nitrogens with two attached hydrogens (primary N) is 1. The summed E-state index contributed by atoms with van der Waals surface area (Å²) in [5.41, 5.74) is 7.02. The van der Waals surface area contributed by atoms with Gasteiger partial charge < -0.3 is 15.6 Å². The minimum atomic E-state index is -0.308. The van der Waals surface area contributed by atoms with Gasteiger partial charge in [-0.3, -0.25) is 0 Å². The Morgan fingerprint density at radius 1 is 1.43 bits per heavy atom. The van der Waals surface area contributed by atoms with Gasteiger partial charge in [-0.25, -0.2) is 14.4 Å². The maximum Gasteiger partial charge on any atom is 0.188 e. The first-order valence-corrected chi connectivity index (χ1v) is 7.37. The summed E-state index contributed by atoms with van der Waals surface area (Å²) in [6, 6.07) is 5.02. The Labute approximate surface area is 153 Å². The minimum absolute atomic E-state index is 0. The summed E-state index contributed by atoms with van der Waals surface area (Å²) < 4.78 is 15.7. The van der Waals surface area contributed by atoms with Gasteiger partial charge in [0.1, 0.15) is 5.82 Å². The maximum absolute atomic E-state index is 14.1. The molecule has 0 saturated carbocycles. The normalized spacial score (nSPS) is 11.4. The van der Waals surface area contributed by atoms with Crippen molar-refractivity contribution in [1.82, 2.24) is 14.9 Å². The van der Waals surface area contributed by atoms with Gasteiger partial charge >= 0.3 is 0 Å². The minimum Gasteiger partial charge on any atom is -0.370 e. The fraction of sp³-hybridized carbons (Fsp3) is 0.375. The lowest BCUT2D eigenvalue weighted by molar-refractivity contribution is 0.576. The molecule has 1 aromatic heterocycles. The molecule has 0 fully saturated rings. The second-order valence-electron chi connectivity index (χ2n) is 5.57. The van der Waals surface area contributed by atoms with Crippen LogP contribution in [0.15, 0.2) is 41.9 Å². The molecule has 126 valence electrons. The Hall–Kier alpha value is -1.64. The van der Waals surface area contributed by atoms with E-state index in [2.05, 4.69) is 29.1 Å². The molecule has 0 radical (unpaired) electrons. The van der Waals surface area contributed by atoms with Crippen LogP contribution in [-0.4, -0.2) is 22.1 Å². The Kier molecular flexibility index (Phi) is 8.01.